The van der Waals surface area contributed by atoms with Gasteiger partial charge in [0.1, 0.15) is 5.78 Å². The van der Waals surface area contributed by atoms with E-state index in [-0.39, 0.29) is 5.78 Å². The third kappa shape index (κ3) is 18.5. The molecule has 3 heteroatoms. The summed E-state index contributed by atoms with van der Waals surface area (Å²) in [6.07, 6.45) is 0.821. The summed E-state index contributed by atoms with van der Waals surface area (Å²) in [5.74, 6) is 0.813. The number of hydrogen-bond acceptors (Lipinski definition) is 3. The van der Waals surface area contributed by atoms with Gasteiger partial charge >= 0.3 is 0 Å². The van der Waals surface area contributed by atoms with Gasteiger partial charge in [-0.2, -0.15) is 0 Å². The summed E-state index contributed by atoms with van der Waals surface area (Å²) in [5.41, 5.74) is 0. The molecule has 1 unspecified atom stereocenters. The first kappa shape index (κ1) is 15.1. The molecule has 0 aliphatic heterocycles. The lowest BCUT2D eigenvalue weighted by Gasteiger charge is -2.00. The fraction of sp³-hybridized carbons (Fsp3) is 0.900. The number of Topliss-reactive ketones (excluding diaryl/α,β-unsaturated/α-hetero) is 1. The van der Waals surface area contributed by atoms with Crippen molar-refractivity contribution in [3.05, 3.63) is 0 Å². The molecule has 1 N–H and O–H groups in total. The van der Waals surface area contributed by atoms with Crippen LogP contribution < -0.4 is 0 Å². The quantitative estimate of drug-likeness (QED) is 0.689. The van der Waals surface area contributed by atoms with Crippen molar-refractivity contribution in [2.75, 3.05) is 7.11 Å². The summed E-state index contributed by atoms with van der Waals surface area (Å²) in [6, 6.07) is 0. The van der Waals surface area contributed by atoms with Crippen molar-refractivity contribution in [3.8, 4) is 0 Å². The zero-order chi connectivity index (χ0) is 10.9. The second-order valence-corrected chi connectivity index (χ2v) is 3.40. The molecule has 0 heterocycles. The summed E-state index contributed by atoms with van der Waals surface area (Å²) in [4.78, 5) is 10.3. The van der Waals surface area contributed by atoms with E-state index in [1.165, 1.54) is 7.11 Å². The van der Waals surface area contributed by atoms with Crippen LogP contribution in [-0.4, -0.2) is 24.3 Å². The first-order valence-electron chi connectivity index (χ1n) is 4.64. The Morgan fingerprint density at radius 3 is 1.92 bits per heavy atom. The molecular formula is C10H22O3. The Morgan fingerprint density at radius 2 is 1.92 bits per heavy atom. The summed E-state index contributed by atoms with van der Waals surface area (Å²) in [6.45, 7) is 7.57. The van der Waals surface area contributed by atoms with Gasteiger partial charge in [0.2, 0.25) is 0 Å². The lowest BCUT2D eigenvalue weighted by atomic mass is 10.1. The average molecular weight is 190 g/mol. The molecule has 3 nitrogen and oxygen atoms in total. The molecule has 0 aliphatic rings. The minimum absolute atomic E-state index is 0.287. The molecule has 0 radical (unpaired) electrons. The van der Waals surface area contributed by atoms with E-state index in [4.69, 9.17) is 5.11 Å². The van der Waals surface area contributed by atoms with Crippen LogP contribution in [0.1, 0.15) is 40.5 Å². The molecule has 0 bridgehead atoms. The van der Waals surface area contributed by atoms with E-state index >= 15 is 0 Å². The molecule has 0 saturated carbocycles. The van der Waals surface area contributed by atoms with Crippen LogP contribution in [0, 0.1) is 5.92 Å². The fourth-order valence-corrected chi connectivity index (χ4v) is 0.742. The number of rotatable bonds is 4. The van der Waals surface area contributed by atoms with Gasteiger partial charge in [-0.3, -0.25) is 0 Å². The Balaban J connectivity index is 0. The molecule has 0 amide bonds. The van der Waals surface area contributed by atoms with Crippen LogP contribution in [-0.2, 0) is 9.53 Å². The van der Waals surface area contributed by atoms with Crippen LogP contribution in [0.4, 0.5) is 0 Å². The van der Waals surface area contributed by atoms with Gasteiger partial charge in [0.05, 0.1) is 0 Å². The minimum Gasteiger partial charge on any atom is -0.368 e. The first-order valence-corrected chi connectivity index (χ1v) is 4.64. The maximum atomic E-state index is 10.3. The molecular weight excluding hydrogens is 168 g/mol. The van der Waals surface area contributed by atoms with Gasteiger partial charge in [-0.25, -0.2) is 0 Å². The van der Waals surface area contributed by atoms with Gasteiger partial charge in [0.25, 0.3) is 0 Å². The molecule has 0 aliphatic carbocycles. The number of ketones is 1. The summed E-state index contributed by atoms with van der Waals surface area (Å²) >= 11 is 0. The van der Waals surface area contributed by atoms with Gasteiger partial charge in [0, 0.05) is 13.5 Å². The topological polar surface area (TPSA) is 46.5 Å². The van der Waals surface area contributed by atoms with Crippen LogP contribution in [0.3, 0.4) is 0 Å². The van der Waals surface area contributed by atoms with E-state index in [1.54, 1.807) is 6.92 Å². The third-order valence-electron chi connectivity index (χ3n) is 1.32. The number of carbonyl (C=O) groups excluding carboxylic acids is 1. The zero-order valence-corrected chi connectivity index (χ0v) is 9.33. The predicted octanol–water partition coefficient (Wildman–Crippen LogP) is 1.98. The fourth-order valence-electron chi connectivity index (χ4n) is 0.742. The SMILES string of the molecule is CC(=O)CC(C)C.CCC(O)OC. The lowest BCUT2D eigenvalue weighted by Crippen LogP contribution is -2.05. The van der Waals surface area contributed by atoms with E-state index in [2.05, 4.69) is 4.74 Å². The molecule has 1 atom stereocenters. The zero-order valence-electron chi connectivity index (χ0n) is 9.33. The molecule has 0 fully saturated rings. The lowest BCUT2D eigenvalue weighted by molar-refractivity contribution is -0.117. The maximum Gasteiger partial charge on any atom is 0.153 e. The number of methoxy groups -OCH3 is 1. The predicted molar refractivity (Wildman–Crippen MR) is 53.4 cm³/mol. The molecule has 0 aromatic heterocycles. The van der Waals surface area contributed by atoms with Gasteiger partial charge in [-0.05, 0) is 19.3 Å². The monoisotopic (exact) mass is 190 g/mol. The molecule has 0 aromatic carbocycles. The van der Waals surface area contributed by atoms with E-state index in [9.17, 15) is 4.79 Å². The number of aliphatic hydroxyl groups is 1. The van der Waals surface area contributed by atoms with Gasteiger partial charge in [-0.1, -0.05) is 20.8 Å². The summed E-state index contributed by atoms with van der Waals surface area (Å²) in [5, 5.41) is 8.44. The van der Waals surface area contributed by atoms with Gasteiger partial charge in [0.15, 0.2) is 6.29 Å². The van der Waals surface area contributed by atoms with Crippen molar-refractivity contribution in [1.29, 1.82) is 0 Å². The molecule has 0 saturated heterocycles. The molecule has 0 spiro atoms. The van der Waals surface area contributed by atoms with Crippen LogP contribution in [0.15, 0.2) is 0 Å². The smallest absolute Gasteiger partial charge is 0.153 e. The summed E-state index contributed by atoms with van der Waals surface area (Å²) in [7, 11) is 1.48. The van der Waals surface area contributed by atoms with E-state index in [1.807, 2.05) is 20.8 Å². The van der Waals surface area contributed by atoms with Crippen molar-refractivity contribution < 1.29 is 14.6 Å². The Bertz CT molecular complexity index is 117. The molecule has 80 valence electrons. The van der Waals surface area contributed by atoms with Crippen LogP contribution >= 0.6 is 0 Å². The van der Waals surface area contributed by atoms with E-state index < -0.39 is 6.29 Å². The average Bonchev–Trinajstić information content (AvgIpc) is 2.01. The van der Waals surface area contributed by atoms with Gasteiger partial charge in [-0.15, -0.1) is 0 Å². The van der Waals surface area contributed by atoms with Crippen molar-refractivity contribution in [3.63, 3.8) is 0 Å². The van der Waals surface area contributed by atoms with Crippen molar-refractivity contribution in [2.24, 2.45) is 5.92 Å². The Kier molecular flexibility index (Phi) is 11.2. The van der Waals surface area contributed by atoms with Gasteiger partial charge < -0.3 is 14.6 Å². The normalized spacial score (nSPS) is 11.9. The Hall–Kier alpha value is -0.410. The highest BCUT2D eigenvalue weighted by Gasteiger charge is 1.95. The first-order chi connectivity index (χ1) is 5.93. The molecule has 0 rings (SSSR count). The van der Waals surface area contributed by atoms with Crippen LogP contribution in [0.25, 0.3) is 0 Å². The second kappa shape index (κ2) is 9.68. The summed E-state index contributed by atoms with van der Waals surface area (Å²) < 4.78 is 4.45. The van der Waals surface area contributed by atoms with E-state index in [0.29, 0.717) is 12.3 Å². The molecule has 13 heavy (non-hydrogen) atoms. The Labute approximate surface area is 81.1 Å². The highest BCUT2D eigenvalue weighted by molar-refractivity contribution is 5.75. The van der Waals surface area contributed by atoms with Crippen molar-refractivity contribution >= 4 is 5.78 Å². The standard InChI is InChI=1S/C6H12O.C4H10O2/c1-5(2)4-6(3)7;1-3-4(5)6-2/h5H,4H2,1-3H3;4-5H,3H2,1-2H3. The number of aliphatic hydroxyl groups excluding tert-OH is 1. The number of carbonyl (C=O) groups is 1. The second-order valence-electron chi connectivity index (χ2n) is 3.40. The van der Waals surface area contributed by atoms with Crippen molar-refractivity contribution in [1.82, 2.24) is 0 Å². The van der Waals surface area contributed by atoms with Crippen molar-refractivity contribution in [2.45, 2.75) is 46.8 Å². The number of hydrogen-bond donors (Lipinski definition) is 1. The van der Waals surface area contributed by atoms with E-state index in [0.717, 1.165) is 6.42 Å². The minimum atomic E-state index is -0.565. The highest BCUT2D eigenvalue weighted by atomic mass is 16.6. The van der Waals surface area contributed by atoms with Crippen LogP contribution in [0.2, 0.25) is 0 Å². The molecule has 0 aromatic rings. The largest absolute Gasteiger partial charge is 0.368 e. The maximum absolute atomic E-state index is 10.3. The highest BCUT2D eigenvalue weighted by Crippen LogP contribution is 1.97. The van der Waals surface area contributed by atoms with Crippen LogP contribution in [0.5, 0.6) is 0 Å². The Morgan fingerprint density at radius 1 is 1.46 bits per heavy atom. The third-order valence-corrected chi connectivity index (χ3v) is 1.32. The number of ether oxygens (including phenoxy) is 1.